The fourth-order valence-electron chi connectivity index (χ4n) is 3.13. The van der Waals surface area contributed by atoms with Crippen molar-refractivity contribution in [1.82, 2.24) is 14.9 Å². The van der Waals surface area contributed by atoms with Crippen molar-refractivity contribution in [2.45, 2.75) is 0 Å². The third-order valence-electron chi connectivity index (χ3n) is 4.47. The first-order valence-electron chi connectivity index (χ1n) is 8.16. The number of benzene rings is 2. The Hall–Kier alpha value is -2.73. The molecule has 0 atom stereocenters. The lowest BCUT2D eigenvalue weighted by molar-refractivity contribution is 0.0736. The number of H-pyrrole nitrogens is 1. The summed E-state index contributed by atoms with van der Waals surface area (Å²) in [6.07, 6.45) is 0. The maximum atomic E-state index is 12.7. The second-order valence-corrected chi connectivity index (χ2v) is 6.50. The van der Waals surface area contributed by atoms with Crippen LogP contribution in [0.3, 0.4) is 0 Å². The molecule has 25 heavy (non-hydrogen) atoms. The van der Waals surface area contributed by atoms with Crippen molar-refractivity contribution < 1.29 is 4.79 Å². The Bertz CT molecular complexity index is 897. The van der Waals surface area contributed by atoms with Crippen LogP contribution < -0.4 is 10.6 Å². The number of amides is 1. The van der Waals surface area contributed by atoms with E-state index < -0.39 is 0 Å². The SMILES string of the molecule is Nc1ccc(N2CCN(C(=O)c3nc4ccccc4[nH]3)CC2)c(Cl)c1. The maximum absolute atomic E-state index is 12.7. The van der Waals surface area contributed by atoms with Gasteiger partial charge in [-0.3, -0.25) is 4.79 Å². The molecule has 3 aromatic rings. The summed E-state index contributed by atoms with van der Waals surface area (Å²) in [6, 6.07) is 13.2. The van der Waals surface area contributed by atoms with Crippen molar-refractivity contribution in [2.75, 3.05) is 36.8 Å². The number of imidazole rings is 1. The zero-order valence-corrected chi connectivity index (χ0v) is 14.3. The van der Waals surface area contributed by atoms with Crippen LogP contribution in [0.2, 0.25) is 5.02 Å². The van der Waals surface area contributed by atoms with Gasteiger partial charge in [-0.2, -0.15) is 0 Å². The fraction of sp³-hybridized carbons (Fsp3) is 0.222. The Labute approximate surface area is 150 Å². The largest absolute Gasteiger partial charge is 0.399 e. The third kappa shape index (κ3) is 3.00. The maximum Gasteiger partial charge on any atom is 0.289 e. The van der Waals surface area contributed by atoms with Crippen molar-refractivity contribution in [3.63, 3.8) is 0 Å². The molecule has 1 aromatic heterocycles. The third-order valence-corrected chi connectivity index (χ3v) is 4.77. The van der Waals surface area contributed by atoms with Crippen LogP contribution >= 0.6 is 11.6 Å². The lowest BCUT2D eigenvalue weighted by atomic mass is 10.2. The molecule has 2 aromatic carbocycles. The summed E-state index contributed by atoms with van der Waals surface area (Å²) < 4.78 is 0. The molecular formula is C18H18ClN5O. The summed E-state index contributed by atoms with van der Waals surface area (Å²) in [5, 5.41) is 0.636. The van der Waals surface area contributed by atoms with Crippen LogP contribution in [-0.2, 0) is 0 Å². The van der Waals surface area contributed by atoms with Crippen molar-refractivity contribution in [3.05, 3.63) is 53.3 Å². The standard InChI is InChI=1S/C18H18ClN5O/c19-13-11-12(20)5-6-16(13)23-7-9-24(10-8-23)18(25)17-21-14-3-1-2-4-15(14)22-17/h1-6,11H,7-10,20H2,(H,21,22). The predicted octanol–water partition coefficient (Wildman–Crippen LogP) is 2.76. The van der Waals surface area contributed by atoms with E-state index in [2.05, 4.69) is 14.9 Å². The van der Waals surface area contributed by atoms with Crippen LogP contribution in [0.5, 0.6) is 0 Å². The van der Waals surface area contributed by atoms with Crippen LogP contribution in [0.15, 0.2) is 42.5 Å². The van der Waals surface area contributed by atoms with Crippen LogP contribution in [0.1, 0.15) is 10.6 Å². The molecule has 2 heterocycles. The van der Waals surface area contributed by atoms with E-state index in [1.807, 2.05) is 41.3 Å². The number of nitrogens with one attached hydrogen (secondary N) is 1. The van der Waals surface area contributed by atoms with Gasteiger partial charge in [-0.15, -0.1) is 0 Å². The molecule has 0 saturated carbocycles. The van der Waals surface area contributed by atoms with Crippen molar-refractivity contribution in [3.8, 4) is 0 Å². The van der Waals surface area contributed by atoms with Gasteiger partial charge in [0.25, 0.3) is 5.91 Å². The molecule has 0 aliphatic carbocycles. The van der Waals surface area contributed by atoms with Crippen LogP contribution in [0.4, 0.5) is 11.4 Å². The van der Waals surface area contributed by atoms with E-state index in [1.54, 1.807) is 6.07 Å². The number of carbonyl (C=O) groups excluding carboxylic acids is 1. The number of aromatic nitrogens is 2. The number of para-hydroxylation sites is 2. The van der Waals surface area contributed by atoms with Gasteiger partial charge >= 0.3 is 0 Å². The molecule has 1 aliphatic rings. The minimum absolute atomic E-state index is 0.0701. The lowest BCUT2D eigenvalue weighted by Gasteiger charge is -2.36. The second-order valence-electron chi connectivity index (χ2n) is 6.09. The number of rotatable bonds is 2. The highest BCUT2D eigenvalue weighted by atomic mass is 35.5. The van der Waals surface area contributed by atoms with E-state index in [-0.39, 0.29) is 5.91 Å². The van der Waals surface area contributed by atoms with Gasteiger partial charge in [0.15, 0.2) is 5.82 Å². The molecule has 7 heteroatoms. The van der Waals surface area contributed by atoms with Crippen molar-refractivity contribution in [2.24, 2.45) is 0 Å². The van der Waals surface area contributed by atoms with Gasteiger partial charge in [-0.25, -0.2) is 4.98 Å². The number of anilines is 2. The molecular weight excluding hydrogens is 338 g/mol. The zero-order valence-electron chi connectivity index (χ0n) is 13.6. The Morgan fingerprint density at radius 1 is 1.12 bits per heavy atom. The molecule has 1 fully saturated rings. The minimum Gasteiger partial charge on any atom is -0.399 e. The van der Waals surface area contributed by atoms with Gasteiger partial charge in [0.05, 0.1) is 21.7 Å². The van der Waals surface area contributed by atoms with E-state index in [1.165, 1.54) is 0 Å². The predicted molar refractivity (Wildman–Crippen MR) is 100 cm³/mol. The first kappa shape index (κ1) is 15.8. The summed E-state index contributed by atoms with van der Waals surface area (Å²) in [5.41, 5.74) is 9.02. The summed E-state index contributed by atoms with van der Waals surface area (Å²) in [5.74, 6) is 0.319. The van der Waals surface area contributed by atoms with E-state index in [9.17, 15) is 4.79 Å². The Morgan fingerprint density at radius 3 is 2.60 bits per heavy atom. The van der Waals surface area contributed by atoms with Crippen molar-refractivity contribution >= 4 is 39.9 Å². The molecule has 128 valence electrons. The number of carbonyl (C=O) groups is 1. The van der Waals surface area contributed by atoms with Crippen LogP contribution in [-0.4, -0.2) is 47.0 Å². The fourth-order valence-corrected chi connectivity index (χ4v) is 3.44. The average molecular weight is 356 g/mol. The zero-order chi connectivity index (χ0) is 17.4. The van der Waals surface area contributed by atoms with Gasteiger partial charge in [0.2, 0.25) is 0 Å². The number of nitrogens with two attached hydrogens (primary N) is 1. The number of halogens is 1. The van der Waals surface area contributed by atoms with E-state index in [0.29, 0.717) is 29.6 Å². The highest BCUT2D eigenvalue weighted by Gasteiger charge is 2.25. The molecule has 6 nitrogen and oxygen atoms in total. The van der Waals surface area contributed by atoms with E-state index in [4.69, 9.17) is 17.3 Å². The summed E-state index contributed by atoms with van der Waals surface area (Å²) in [7, 11) is 0. The van der Waals surface area contributed by atoms with Gasteiger partial charge in [-0.05, 0) is 30.3 Å². The van der Waals surface area contributed by atoms with Gasteiger partial charge in [0, 0.05) is 31.9 Å². The number of hydrogen-bond acceptors (Lipinski definition) is 4. The molecule has 3 N–H and O–H groups in total. The highest BCUT2D eigenvalue weighted by Crippen LogP contribution is 2.28. The Morgan fingerprint density at radius 2 is 1.88 bits per heavy atom. The molecule has 1 amide bonds. The topological polar surface area (TPSA) is 78.2 Å². The Kier molecular flexibility index (Phi) is 3.97. The molecule has 0 bridgehead atoms. The van der Waals surface area contributed by atoms with Crippen LogP contribution in [0.25, 0.3) is 11.0 Å². The van der Waals surface area contributed by atoms with E-state index >= 15 is 0 Å². The summed E-state index contributed by atoms with van der Waals surface area (Å²) in [6.45, 7) is 2.68. The van der Waals surface area contributed by atoms with Gasteiger partial charge < -0.3 is 20.5 Å². The minimum atomic E-state index is -0.0701. The highest BCUT2D eigenvalue weighted by molar-refractivity contribution is 6.33. The Balaban J connectivity index is 1.46. The van der Waals surface area contributed by atoms with Crippen molar-refractivity contribution in [1.29, 1.82) is 0 Å². The van der Waals surface area contributed by atoms with E-state index in [0.717, 1.165) is 29.8 Å². The summed E-state index contributed by atoms with van der Waals surface area (Å²) >= 11 is 6.29. The molecule has 4 rings (SSSR count). The smallest absolute Gasteiger partial charge is 0.289 e. The molecule has 0 unspecified atom stereocenters. The van der Waals surface area contributed by atoms with Gasteiger partial charge in [0.1, 0.15) is 0 Å². The number of piperazine rings is 1. The molecule has 1 saturated heterocycles. The first-order chi connectivity index (χ1) is 12.1. The number of hydrogen-bond donors (Lipinski definition) is 2. The van der Waals surface area contributed by atoms with Crippen LogP contribution in [0, 0.1) is 0 Å². The number of nitrogens with zero attached hydrogens (tertiary/aromatic N) is 3. The molecule has 0 radical (unpaired) electrons. The normalized spacial score (nSPS) is 14.9. The summed E-state index contributed by atoms with van der Waals surface area (Å²) in [4.78, 5) is 24.2. The average Bonchev–Trinajstić information content (AvgIpc) is 3.05. The lowest BCUT2D eigenvalue weighted by Crippen LogP contribution is -2.49. The monoisotopic (exact) mass is 355 g/mol. The molecule has 1 aliphatic heterocycles. The second kappa shape index (κ2) is 6.29. The first-order valence-corrected chi connectivity index (χ1v) is 8.53. The van der Waals surface area contributed by atoms with Gasteiger partial charge in [-0.1, -0.05) is 23.7 Å². The number of nitrogen functional groups attached to an aromatic ring is 1. The number of fused-ring (bicyclic) bond motifs is 1. The number of aromatic amines is 1. The molecule has 0 spiro atoms. The quantitative estimate of drug-likeness (QED) is 0.693.